The van der Waals surface area contributed by atoms with Crippen molar-refractivity contribution < 1.29 is 4.79 Å². The van der Waals surface area contributed by atoms with Crippen molar-refractivity contribution in [2.45, 2.75) is 44.6 Å². The lowest BCUT2D eigenvalue weighted by Crippen LogP contribution is -2.30. The van der Waals surface area contributed by atoms with E-state index in [0.29, 0.717) is 18.4 Å². The molecule has 1 aliphatic heterocycles. The first-order valence-corrected chi connectivity index (χ1v) is 7.79. The molecule has 0 bridgehead atoms. The molecule has 100 valence electrons. The standard InChI is InChI=1S/C14H22N2OS/c15-8-3-1-2-6-14(17)16-9-4-5-13(16)12-7-10-18-11-12/h7,10-11,13H,1-6,8-9,15H2. The Morgan fingerprint density at radius 3 is 3.06 bits per heavy atom. The van der Waals surface area contributed by atoms with Gasteiger partial charge in [0.25, 0.3) is 0 Å². The zero-order chi connectivity index (χ0) is 12.8. The highest BCUT2D eigenvalue weighted by Gasteiger charge is 2.29. The maximum absolute atomic E-state index is 12.2. The van der Waals surface area contributed by atoms with E-state index in [4.69, 9.17) is 5.73 Å². The molecule has 0 aromatic carbocycles. The van der Waals surface area contributed by atoms with Crippen LogP contribution in [-0.4, -0.2) is 23.9 Å². The van der Waals surface area contributed by atoms with Crippen molar-refractivity contribution in [3.63, 3.8) is 0 Å². The minimum Gasteiger partial charge on any atom is -0.336 e. The molecule has 2 rings (SSSR count). The Hall–Kier alpha value is -0.870. The summed E-state index contributed by atoms with van der Waals surface area (Å²) in [4.78, 5) is 14.3. The molecule has 0 saturated carbocycles. The number of nitrogens with zero attached hydrogens (tertiary/aromatic N) is 1. The summed E-state index contributed by atoms with van der Waals surface area (Å²) in [6, 6.07) is 2.48. The molecule has 1 unspecified atom stereocenters. The molecule has 2 N–H and O–H groups in total. The van der Waals surface area contributed by atoms with Gasteiger partial charge in [-0.1, -0.05) is 6.42 Å². The van der Waals surface area contributed by atoms with Crippen LogP contribution in [-0.2, 0) is 4.79 Å². The highest BCUT2D eigenvalue weighted by Crippen LogP contribution is 2.33. The topological polar surface area (TPSA) is 46.3 Å². The summed E-state index contributed by atoms with van der Waals surface area (Å²) in [6.45, 7) is 1.66. The summed E-state index contributed by atoms with van der Waals surface area (Å²) in [7, 11) is 0. The Bertz CT molecular complexity index is 364. The Morgan fingerprint density at radius 1 is 1.44 bits per heavy atom. The van der Waals surface area contributed by atoms with Crippen LogP contribution in [0.3, 0.4) is 0 Å². The van der Waals surface area contributed by atoms with Gasteiger partial charge in [-0.25, -0.2) is 0 Å². The first kappa shape index (κ1) is 13.6. The molecule has 1 aromatic heterocycles. The Balaban J connectivity index is 1.85. The van der Waals surface area contributed by atoms with Crippen molar-refractivity contribution in [2.75, 3.05) is 13.1 Å². The summed E-state index contributed by atoms with van der Waals surface area (Å²) in [5, 5.41) is 4.27. The Labute approximate surface area is 113 Å². The van der Waals surface area contributed by atoms with E-state index in [2.05, 4.69) is 21.7 Å². The quantitative estimate of drug-likeness (QED) is 0.805. The number of likely N-dealkylation sites (tertiary alicyclic amines) is 1. The van der Waals surface area contributed by atoms with Crippen LogP contribution in [0, 0.1) is 0 Å². The number of amides is 1. The van der Waals surface area contributed by atoms with Crippen LogP contribution in [0.1, 0.15) is 50.1 Å². The van der Waals surface area contributed by atoms with E-state index in [0.717, 1.165) is 45.2 Å². The lowest BCUT2D eigenvalue weighted by Gasteiger charge is -2.24. The van der Waals surface area contributed by atoms with Gasteiger partial charge in [0.15, 0.2) is 0 Å². The zero-order valence-corrected chi connectivity index (χ0v) is 11.6. The van der Waals surface area contributed by atoms with Crippen LogP contribution in [0.25, 0.3) is 0 Å². The van der Waals surface area contributed by atoms with Gasteiger partial charge >= 0.3 is 0 Å². The summed E-state index contributed by atoms with van der Waals surface area (Å²) in [5.41, 5.74) is 6.77. The van der Waals surface area contributed by atoms with Gasteiger partial charge in [0.2, 0.25) is 5.91 Å². The molecular formula is C14H22N2OS. The minimum absolute atomic E-state index is 0.320. The van der Waals surface area contributed by atoms with Gasteiger partial charge in [-0.15, -0.1) is 0 Å². The fourth-order valence-electron chi connectivity index (χ4n) is 2.62. The number of hydrogen-bond acceptors (Lipinski definition) is 3. The molecule has 1 fully saturated rings. The van der Waals surface area contributed by atoms with E-state index in [1.807, 2.05) is 0 Å². The van der Waals surface area contributed by atoms with Crippen LogP contribution in [0.4, 0.5) is 0 Å². The summed E-state index contributed by atoms with van der Waals surface area (Å²) < 4.78 is 0. The molecule has 2 heterocycles. The van der Waals surface area contributed by atoms with Gasteiger partial charge in [-0.3, -0.25) is 4.79 Å². The minimum atomic E-state index is 0.320. The molecule has 18 heavy (non-hydrogen) atoms. The van der Waals surface area contributed by atoms with E-state index in [1.165, 1.54) is 5.56 Å². The monoisotopic (exact) mass is 266 g/mol. The second kappa shape index (κ2) is 6.90. The van der Waals surface area contributed by atoms with Crippen molar-refractivity contribution in [3.8, 4) is 0 Å². The number of hydrogen-bond donors (Lipinski definition) is 1. The first-order valence-electron chi connectivity index (χ1n) is 6.84. The maximum atomic E-state index is 12.2. The highest BCUT2D eigenvalue weighted by atomic mass is 32.1. The molecule has 1 aromatic rings. The molecule has 1 amide bonds. The van der Waals surface area contributed by atoms with Gasteiger partial charge < -0.3 is 10.6 Å². The molecule has 1 saturated heterocycles. The number of nitrogens with two attached hydrogens (primary N) is 1. The number of rotatable bonds is 6. The number of unbranched alkanes of at least 4 members (excludes halogenated alkanes) is 2. The van der Waals surface area contributed by atoms with Gasteiger partial charge in [-0.2, -0.15) is 11.3 Å². The Morgan fingerprint density at radius 2 is 2.33 bits per heavy atom. The number of carbonyl (C=O) groups excluding carboxylic acids is 1. The Kier molecular flexibility index (Phi) is 5.20. The van der Waals surface area contributed by atoms with Gasteiger partial charge in [0.1, 0.15) is 0 Å². The van der Waals surface area contributed by atoms with Crippen LogP contribution in [0.2, 0.25) is 0 Å². The summed E-state index contributed by atoms with van der Waals surface area (Å²) in [5.74, 6) is 0.320. The van der Waals surface area contributed by atoms with Gasteiger partial charge in [0.05, 0.1) is 6.04 Å². The molecule has 1 atom stereocenters. The second-order valence-corrected chi connectivity index (χ2v) is 5.68. The summed E-state index contributed by atoms with van der Waals surface area (Å²) >= 11 is 1.71. The fourth-order valence-corrected chi connectivity index (χ4v) is 3.32. The first-order chi connectivity index (χ1) is 8.83. The summed E-state index contributed by atoms with van der Waals surface area (Å²) in [6.07, 6.45) is 6.00. The third kappa shape index (κ3) is 3.33. The molecule has 0 radical (unpaired) electrons. The van der Waals surface area contributed by atoms with Crippen molar-refractivity contribution >= 4 is 17.2 Å². The van der Waals surface area contributed by atoms with Crippen LogP contribution >= 0.6 is 11.3 Å². The molecule has 4 heteroatoms. The average molecular weight is 266 g/mol. The van der Waals surface area contributed by atoms with Crippen molar-refractivity contribution in [2.24, 2.45) is 5.73 Å². The van der Waals surface area contributed by atoms with Crippen LogP contribution in [0.15, 0.2) is 16.8 Å². The van der Waals surface area contributed by atoms with Crippen LogP contribution < -0.4 is 5.73 Å². The van der Waals surface area contributed by atoms with E-state index >= 15 is 0 Å². The smallest absolute Gasteiger partial charge is 0.223 e. The van der Waals surface area contributed by atoms with Crippen molar-refractivity contribution in [1.82, 2.24) is 4.90 Å². The zero-order valence-electron chi connectivity index (χ0n) is 10.8. The fraction of sp³-hybridized carbons (Fsp3) is 0.643. The van der Waals surface area contributed by atoms with E-state index in [-0.39, 0.29) is 0 Å². The van der Waals surface area contributed by atoms with E-state index < -0.39 is 0 Å². The molecule has 3 nitrogen and oxygen atoms in total. The third-order valence-electron chi connectivity index (χ3n) is 3.60. The van der Waals surface area contributed by atoms with E-state index in [1.54, 1.807) is 11.3 Å². The third-order valence-corrected chi connectivity index (χ3v) is 4.30. The van der Waals surface area contributed by atoms with E-state index in [9.17, 15) is 4.79 Å². The average Bonchev–Trinajstić information content (AvgIpc) is 3.02. The highest BCUT2D eigenvalue weighted by molar-refractivity contribution is 7.07. The van der Waals surface area contributed by atoms with Crippen molar-refractivity contribution in [1.29, 1.82) is 0 Å². The predicted octanol–water partition coefficient (Wildman–Crippen LogP) is 2.93. The number of thiophene rings is 1. The largest absolute Gasteiger partial charge is 0.336 e. The lowest BCUT2D eigenvalue weighted by molar-refractivity contribution is -0.132. The molecule has 0 spiro atoms. The molecular weight excluding hydrogens is 244 g/mol. The predicted molar refractivity (Wildman–Crippen MR) is 75.5 cm³/mol. The van der Waals surface area contributed by atoms with Gasteiger partial charge in [0, 0.05) is 13.0 Å². The number of carbonyl (C=O) groups is 1. The maximum Gasteiger partial charge on any atom is 0.223 e. The van der Waals surface area contributed by atoms with Crippen molar-refractivity contribution in [3.05, 3.63) is 22.4 Å². The molecule has 1 aliphatic rings. The van der Waals surface area contributed by atoms with Crippen LogP contribution in [0.5, 0.6) is 0 Å². The normalized spacial score (nSPS) is 19.4. The lowest BCUT2D eigenvalue weighted by atomic mass is 10.1. The van der Waals surface area contributed by atoms with Gasteiger partial charge in [-0.05, 0) is 54.6 Å². The molecule has 0 aliphatic carbocycles. The SMILES string of the molecule is NCCCCCC(=O)N1CCCC1c1ccsc1. The second-order valence-electron chi connectivity index (χ2n) is 4.90.